The van der Waals surface area contributed by atoms with Gasteiger partial charge >= 0.3 is 0 Å². The van der Waals surface area contributed by atoms with Crippen LogP contribution >= 0.6 is 0 Å². The smallest absolute Gasteiger partial charge is 0.225 e. The summed E-state index contributed by atoms with van der Waals surface area (Å²) in [6.07, 6.45) is 2.67. The first-order chi connectivity index (χ1) is 13.2. The van der Waals surface area contributed by atoms with E-state index in [-0.39, 0.29) is 0 Å². The van der Waals surface area contributed by atoms with Gasteiger partial charge in [0.25, 0.3) is 0 Å². The molecule has 0 radical (unpaired) electrons. The van der Waals surface area contributed by atoms with E-state index in [2.05, 4.69) is 24.0 Å². The number of aliphatic imine (C=N–C) groups is 1. The quantitative estimate of drug-likeness (QED) is 0.293. The summed E-state index contributed by atoms with van der Waals surface area (Å²) in [7, 11) is 0. The fourth-order valence-electron chi connectivity index (χ4n) is 2.42. The van der Waals surface area contributed by atoms with Crippen LogP contribution in [0.15, 0.2) is 102 Å². The first-order valence-electron chi connectivity index (χ1n) is 9.04. The maximum absolute atomic E-state index is 6.03. The van der Waals surface area contributed by atoms with Crippen LogP contribution < -0.4 is 9.47 Å². The molecule has 0 spiro atoms. The van der Waals surface area contributed by atoms with E-state index in [0.717, 1.165) is 29.2 Å². The molecule has 3 aromatic rings. The van der Waals surface area contributed by atoms with E-state index in [0.29, 0.717) is 5.90 Å². The average molecular weight is 357 g/mol. The lowest BCUT2D eigenvalue weighted by atomic mass is 10.1. The lowest BCUT2D eigenvalue weighted by Crippen LogP contribution is -2.10. The molecule has 0 heterocycles. The van der Waals surface area contributed by atoms with Crippen molar-refractivity contribution in [1.82, 2.24) is 0 Å². The summed E-state index contributed by atoms with van der Waals surface area (Å²) < 4.78 is 11.8. The first kappa shape index (κ1) is 18.5. The minimum absolute atomic E-state index is 0.501. The van der Waals surface area contributed by atoms with Gasteiger partial charge in [-0.1, -0.05) is 55.5 Å². The molecule has 3 aromatic carbocycles. The Balaban J connectivity index is 1.87. The van der Waals surface area contributed by atoms with Crippen molar-refractivity contribution < 1.29 is 9.47 Å². The molecule has 0 fully saturated rings. The highest BCUT2D eigenvalue weighted by Crippen LogP contribution is 2.19. The van der Waals surface area contributed by atoms with Crippen LogP contribution in [-0.2, 0) is 6.42 Å². The van der Waals surface area contributed by atoms with Gasteiger partial charge < -0.3 is 9.47 Å². The van der Waals surface area contributed by atoms with E-state index in [4.69, 9.17) is 9.47 Å². The van der Waals surface area contributed by atoms with Gasteiger partial charge in [-0.25, -0.2) is 4.99 Å². The van der Waals surface area contributed by atoms with Gasteiger partial charge in [0.15, 0.2) is 0 Å². The molecule has 0 unspecified atom stereocenters. The standard InChI is InChI=1S/C24H23NO2/c1-3-20-14-16-21(17-15-20)25-24(27-23-12-8-5-9-13-23)19(2)18-26-22-10-6-4-7-11-22/h4-18H,3H2,1-2H3/b19-18+,25-24+. The number of aryl methyl sites for hydroxylation is 1. The lowest BCUT2D eigenvalue weighted by Gasteiger charge is -2.10. The molecule has 0 aliphatic rings. The molecule has 3 heteroatoms. The van der Waals surface area contributed by atoms with Crippen LogP contribution in [0.4, 0.5) is 5.69 Å². The molecule has 0 amide bonds. The van der Waals surface area contributed by atoms with Crippen LogP contribution in [0.2, 0.25) is 0 Å². The van der Waals surface area contributed by atoms with E-state index < -0.39 is 0 Å². The van der Waals surface area contributed by atoms with Crippen molar-refractivity contribution >= 4 is 11.6 Å². The van der Waals surface area contributed by atoms with Gasteiger partial charge in [0, 0.05) is 5.57 Å². The third-order valence-electron chi connectivity index (χ3n) is 3.99. The summed E-state index contributed by atoms with van der Waals surface area (Å²) in [6.45, 7) is 4.06. The highest BCUT2D eigenvalue weighted by Gasteiger charge is 2.08. The second kappa shape index (κ2) is 9.39. The Hall–Kier alpha value is -3.33. The molecular weight excluding hydrogens is 334 g/mol. The van der Waals surface area contributed by atoms with Gasteiger partial charge in [-0.3, -0.25) is 0 Å². The number of nitrogens with zero attached hydrogens (tertiary/aromatic N) is 1. The molecule has 0 aliphatic heterocycles. The van der Waals surface area contributed by atoms with Gasteiger partial charge in [0.1, 0.15) is 11.5 Å². The number of benzene rings is 3. The number of ether oxygens (including phenoxy) is 2. The summed E-state index contributed by atoms with van der Waals surface area (Å²) >= 11 is 0. The predicted molar refractivity (Wildman–Crippen MR) is 111 cm³/mol. The number of para-hydroxylation sites is 2. The van der Waals surface area contributed by atoms with Gasteiger partial charge in [0.05, 0.1) is 11.9 Å². The first-order valence-corrected chi connectivity index (χ1v) is 9.04. The molecule has 0 aliphatic carbocycles. The monoisotopic (exact) mass is 357 g/mol. The molecule has 0 bridgehead atoms. The van der Waals surface area contributed by atoms with E-state index in [1.807, 2.05) is 79.7 Å². The van der Waals surface area contributed by atoms with Crippen LogP contribution in [-0.4, -0.2) is 5.90 Å². The van der Waals surface area contributed by atoms with Crippen molar-refractivity contribution in [2.45, 2.75) is 20.3 Å². The van der Waals surface area contributed by atoms with Crippen LogP contribution in [0.3, 0.4) is 0 Å². The van der Waals surface area contributed by atoms with E-state index in [1.165, 1.54) is 5.56 Å². The van der Waals surface area contributed by atoms with E-state index in [1.54, 1.807) is 6.26 Å². The Kier molecular flexibility index (Phi) is 6.42. The van der Waals surface area contributed by atoms with E-state index >= 15 is 0 Å². The number of rotatable bonds is 6. The van der Waals surface area contributed by atoms with Crippen molar-refractivity contribution in [2.24, 2.45) is 4.99 Å². The van der Waals surface area contributed by atoms with Crippen LogP contribution in [0.1, 0.15) is 19.4 Å². The zero-order valence-electron chi connectivity index (χ0n) is 15.6. The Morgan fingerprint density at radius 1 is 0.815 bits per heavy atom. The lowest BCUT2D eigenvalue weighted by molar-refractivity contribution is 0.473. The fourth-order valence-corrected chi connectivity index (χ4v) is 2.42. The summed E-state index contributed by atoms with van der Waals surface area (Å²) in [5.41, 5.74) is 2.91. The molecule has 0 saturated carbocycles. The molecule has 0 saturated heterocycles. The molecular formula is C24H23NO2. The van der Waals surface area contributed by atoms with Gasteiger partial charge in [0.2, 0.25) is 5.90 Å². The Bertz CT molecular complexity index is 898. The van der Waals surface area contributed by atoms with Crippen molar-refractivity contribution in [3.63, 3.8) is 0 Å². The van der Waals surface area contributed by atoms with Crippen molar-refractivity contribution in [3.05, 3.63) is 102 Å². The van der Waals surface area contributed by atoms with Crippen LogP contribution in [0, 0.1) is 0 Å². The zero-order valence-corrected chi connectivity index (χ0v) is 15.6. The maximum Gasteiger partial charge on any atom is 0.225 e. The summed E-state index contributed by atoms with van der Waals surface area (Å²) in [5.74, 6) is 2.00. The fraction of sp³-hybridized carbons (Fsp3) is 0.125. The molecule has 0 aromatic heterocycles. The SMILES string of the molecule is CCc1ccc(/N=C(Oc2ccccc2)\C(C)=C\Oc2ccccc2)cc1. The molecule has 27 heavy (non-hydrogen) atoms. The second-order valence-electron chi connectivity index (χ2n) is 6.08. The van der Waals surface area contributed by atoms with Crippen LogP contribution in [0.25, 0.3) is 0 Å². The normalized spacial score (nSPS) is 11.9. The second-order valence-corrected chi connectivity index (χ2v) is 6.08. The zero-order chi connectivity index (χ0) is 18.9. The Morgan fingerprint density at radius 3 is 2.00 bits per heavy atom. The average Bonchev–Trinajstić information content (AvgIpc) is 2.73. The number of hydrogen-bond donors (Lipinski definition) is 0. The van der Waals surface area contributed by atoms with Gasteiger partial charge in [-0.2, -0.15) is 0 Å². The molecule has 3 nitrogen and oxygen atoms in total. The summed E-state index contributed by atoms with van der Waals surface area (Å²) in [4.78, 5) is 4.69. The Morgan fingerprint density at radius 2 is 1.41 bits per heavy atom. The van der Waals surface area contributed by atoms with Crippen LogP contribution in [0.5, 0.6) is 11.5 Å². The largest absolute Gasteiger partial charge is 0.465 e. The molecule has 3 rings (SSSR count). The van der Waals surface area contributed by atoms with E-state index in [9.17, 15) is 0 Å². The van der Waals surface area contributed by atoms with Gasteiger partial charge in [-0.15, -0.1) is 0 Å². The molecule has 0 atom stereocenters. The maximum atomic E-state index is 6.03. The van der Waals surface area contributed by atoms with Crippen molar-refractivity contribution in [1.29, 1.82) is 0 Å². The Labute approximate surface area is 160 Å². The molecule has 0 N–H and O–H groups in total. The molecule has 136 valence electrons. The summed E-state index contributed by atoms with van der Waals surface area (Å²) in [6, 6.07) is 27.4. The highest BCUT2D eigenvalue weighted by molar-refractivity contribution is 5.96. The summed E-state index contributed by atoms with van der Waals surface area (Å²) in [5, 5.41) is 0. The minimum Gasteiger partial charge on any atom is -0.465 e. The van der Waals surface area contributed by atoms with Crippen molar-refractivity contribution in [3.8, 4) is 11.5 Å². The highest BCUT2D eigenvalue weighted by atomic mass is 16.5. The van der Waals surface area contributed by atoms with Crippen molar-refractivity contribution in [2.75, 3.05) is 0 Å². The topological polar surface area (TPSA) is 30.8 Å². The third-order valence-corrected chi connectivity index (χ3v) is 3.99. The third kappa shape index (κ3) is 5.58. The van der Waals surface area contributed by atoms with Gasteiger partial charge in [-0.05, 0) is 55.3 Å². The minimum atomic E-state index is 0.501. The predicted octanol–water partition coefficient (Wildman–Crippen LogP) is 6.34. The number of hydrogen-bond acceptors (Lipinski definition) is 3.